The lowest BCUT2D eigenvalue weighted by Crippen LogP contribution is -2.28. The number of rotatable bonds is 7. The summed E-state index contributed by atoms with van der Waals surface area (Å²) in [7, 11) is 0. The van der Waals surface area contributed by atoms with Crippen molar-refractivity contribution in [1.82, 2.24) is 5.32 Å². The molecule has 0 radical (unpaired) electrons. The summed E-state index contributed by atoms with van der Waals surface area (Å²) in [6.45, 7) is 6.86. The Bertz CT molecular complexity index is 371. The molecular weight excluding hydrogens is 286 g/mol. The van der Waals surface area contributed by atoms with Crippen LogP contribution in [0.4, 0.5) is 0 Å². The largest absolute Gasteiger partial charge is 0.316 e. The monoisotopic (exact) mass is 309 g/mol. The molecule has 0 amide bonds. The molecule has 1 atom stereocenters. The van der Waals surface area contributed by atoms with Gasteiger partial charge in [0.25, 0.3) is 0 Å². The molecule has 1 unspecified atom stereocenters. The minimum Gasteiger partial charge on any atom is -0.316 e. The second-order valence-electron chi connectivity index (χ2n) is 5.98. The highest BCUT2D eigenvalue weighted by Crippen LogP contribution is 2.38. The molecule has 1 aromatic carbocycles. The van der Waals surface area contributed by atoms with Gasteiger partial charge >= 0.3 is 0 Å². The van der Waals surface area contributed by atoms with Crippen molar-refractivity contribution in [2.75, 3.05) is 13.1 Å². The van der Waals surface area contributed by atoms with Gasteiger partial charge in [-0.3, -0.25) is 0 Å². The molecule has 1 saturated carbocycles. The van der Waals surface area contributed by atoms with Crippen molar-refractivity contribution in [3.8, 4) is 0 Å². The van der Waals surface area contributed by atoms with Crippen LogP contribution in [0.15, 0.2) is 28.7 Å². The molecule has 1 aliphatic rings. The highest BCUT2D eigenvalue weighted by molar-refractivity contribution is 9.10. The van der Waals surface area contributed by atoms with E-state index >= 15 is 0 Å². The average molecular weight is 310 g/mol. The molecule has 2 rings (SSSR count). The van der Waals surface area contributed by atoms with Crippen LogP contribution < -0.4 is 5.32 Å². The normalized spacial score (nSPS) is 17.1. The van der Waals surface area contributed by atoms with Crippen LogP contribution in [0.3, 0.4) is 0 Å². The van der Waals surface area contributed by atoms with Gasteiger partial charge in [-0.15, -0.1) is 0 Å². The zero-order valence-corrected chi connectivity index (χ0v) is 13.0. The summed E-state index contributed by atoms with van der Waals surface area (Å²) in [5, 5.41) is 3.63. The summed E-state index contributed by atoms with van der Waals surface area (Å²) >= 11 is 3.56. The Morgan fingerprint density at radius 3 is 2.67 bits per heavy atom. The fourth-order valence-corrected chi connectivity index (χ4v) is 2.94. The lowest BCUT2D eigenvalue weighted by molar-refractivity contribution is 0.408. The maximum atomic E-state index is 3.63. The Kier molecular flexibility index (Phi) is 5.25. The van der Waals surface area contributed by atoms with Crippen LogP contribution in [0.1, 0.15) is 32.3 Å². The maximum Gasteiger partial charge on any atom is 0.0177 e. The molecule has 1 N–H and O–H groups in total. The molecule has 0 aliphatic heterocycles. The van der Waals surface area contributed by atoms with E-state index in [0.717, 1.165) is 24.3 Å². The Hall–Kier alpha value is -0.340. The number of hydrogen-bond acceptors (Lipinski definition) is 1. The zero-order chi connectivity index (χ0) is 13.0. The van der Waals surface area contributed by atoms with E-state index in [-0.39, 0.29) is 0 Å². The van der Waals surface area contributed by atoms with Crippen LogP contribution in [0.2, 0.25) is 0 Å². The summed E-state index contributed by atoms with van der Waals surface area (Å²) in [5.41, 5.74) is 1.47. The van der Waals surface area contributed by atoms with Crippen molar-refractivity contribution >= 4 is 15.9 Å². The predicted molar refractivity (Wildman–Crippen MR) is 81.8 cm³/mol. The van der Waals surface area contributed by atoms with Crippen LogP contribution in [0, 0.1) is 17.8 Å². The Labute approximate surface area is 119 Å². The van der Waals surface area contributed by atoms with E-state index < -0.39 is 0 Å². The van der Waals surface area contributed by atoms with E-state index in [0.29, 0.717) is 0 Å². The van der Waals surface area contributed by atoms with Crippen molar-refractivity contribution in [1.29, 1.82) is 0 Å². The molecule has 0 spiro atoms. The van der Waals surface area contributed by atoms with Crippen molar-refractivity contribution in [3.05, 3.63) is 34.3 Å². The van der Waals surface area contributed by atoms with Gasteiger partial charge in [-0.25, -0.2) is 0 Å². The summed E-state index contributed by atoms with van der Waals surface area (Å²) < 4.78 is 1.20. The van der Waals surface area contributed by atoms with Crippen LogP contribution in [0.25, 0.3) is 0 Å². The zero-order valence-electron chi connectivity index (χ0n) is 11.5. The third-order valence-corrected chi connectivity index (χ3v) is 4.13. The quantitative estimate of drug-likeness (QED) is 0.793. The van der Waals surface area contributed by atoms with Crippen LogP contribution in [-0.2, 0) is 6.42 Å². The summed E-state index contributed by atoms with van der Waals surface area (Å²) in [6, 6.07) is 8.76. The molecule has 1 nitrogen and oxygen atoms in total. The van der Waals surface area contributed by atoms with Crippen molar-refractivity contribution < 1.29 is 0 Å². The van der Waals surface area contributed by atoms with Crippen LogP contribution in [-0.4, -0.2) is 13.1 Å². The number of benzene rings is 1. The minimum absolute atomic E-state index is 0.746. The Morgan fingerprint density at radius 1 is 1.28 bits per heavy atom. The highest BCUT2D eigenvalue weighted by Gasteiger charge is 2.30. The van der Waals surface area contributed by atoms with E-state index in [1.807, 2.05) is 0 Å². The van der Waals surface area contributed by atoms with E-state index in [9.17, 15) is 0 Å². The SMILES string of the molecule is CC(C)CNCC(Cc1cccc(Br)c1)C1CC1. The number of hydrogen-bond donors (Lipinski definition) is 1. The summed E-state index contributed by atoms with van der Waals surface area (Å²) in [6.07, 6.45) is 4.08. The van der Waals surface area contributed by atoms with Gasteiger partial charge in [0.2, 0.25) is 0 Å². The van der Waals surface area contributed by atoms with Gasteiger partial charge in [0.05, 0.1) is 0 Å². The van der Waals surface area contributed by atoms with E-state index in [1.54, 1.807) is 0 Å². The molecule has 0 bridgehead atoms. The first kappa shape index (κ1) is 14.1. The van der Waals surface area contributed by atoms with Gasteiger partial charge in [-0.1, -0.05) is 41.9 Å². The van der Waals surface area contributed by atoms with Crippen molar-refractivity contribution in [2.45, 2.75) is 33.1 Å². The molecule has 100 valence electrons. The van der Waals surface area contributed by atoms with E-state index in [1.165, 1.54) is 35.8 Å². The fourth-order valence-electron chi connectivity index (χ4n) is 2.50. The van der Waals surface area contributed by atoms with Gasteiger partial charge in [0, 0.05) is 4.47 Å². The predicted octanol–water partition coefficient (Wildman–Crippen LogP) is 4.26. The van der Waals surface area contributed by atoms with Gasteiger partial charge < -0.3 is 5.32 Å². The standard InChI is InChI=1S/C16H24BrN/c1-12(2)10-18-11-15(14-6-7-14)8-13-4-3-5-16(17)9-13/h3-5,9,12,14-15,18H,6-8,10-11H2,1-2H3. The fraction of sp³-hybridized carbons (Fsp3) is 0.625. The lowest BCUT2D eigenvalue weighted by Gasteiger charge is -2.18. The molecule has 18 heavy (non-hydrogen) atoms. The van der Waals surface area contributed by atoms with Crippen molar-refractivity contribution in [3.63, 3.8) is 0 Å². The van der Waals surface area contributed by atoms with Gasteiger partial charge in [0.15, 0.2) is 0 Å². The third kappa shape index (κ3) is 4.74. The first-order valence-corrected chi connectivity index (χ1v) is 7.89. The first-order valence-electron chi connectivity index (χ1n) is 7.10. The molecule has 1 aromatic rings. The molecule has 1 aliphatic carbocycles. The molecular formula is C16H24BrN. The first-order chi connectivity index (χ1) is 8.65. The molecule has 2 heteroatoms. The highest BCUT2D eigenvalue weighted by atomic mass is 79.9. The van der Waals surface area contributed by atoms with Crippen LogP contribution >= 0.6 is 15.9 Å². The van der Waals surface area contributed by atoms with Crippen molar-refractivity contribution in [2.24, 2.45) is 17.8 Å². The third-order valence-electron chi connectivity index (χ3n) is 3.63. The maximum absolute atomic E-state index is 3.63. The summed E-state index contributed by atoms with van der Waals surface area (Å²) in [4.78, 5) is 0. The van der Waals surface area contributed by atoms with E-state index in [4.69, 9.17) is 0 Å². The Morgan fingerprint density at radius 2 is 2.06 bits per heavy atom. The molecule has 1 fully saturated rings. The number of halogens is 1. The smallest absolute Gasteiger partial charge is 0.0177 e. The Balaban J connectivity index is 1.86. The second kappa shape index (κ2) is 6.72. The second-order valence-corrected chi connectivity index (χ2v) is 6.90. The lowest BCUT2D eigenvalue weighted by atomic mass is 9.94. The average Bonchev–Trinajstić information content (AvgIpc) is 3.11. The molecule has 0 saturated heterocycles. The van der Waals surface area contributed by atoms with Gasteiger partial charge in [-0.2, -0.15) is 0 Å². The van der Waals surface area contributed by atoms with Gasteiger partial charge in [-0.05, 0) is 67.8 Å². The molecule has 0 aromatic heterocycles. The topological polar surface area (TPSA) is 12.0 Å². The number of nitrogens with one attached hydrogen (secondary N) is 1. The summed E-state index contributed by atoms with van der Waals surface area (Å²) in [5.74, 6) is 2.53. The van der Waals surface area contributed by atoms with Crippen LogP contribution in [0.5, 0.6) is 0 Å². The minimum atomic E-state index is 0.746. The molecule has 0 heterocycles. The van der Waals surface area contributed by atoms with E-state index in [2.05, 4.69) is 59.4 Å². The van der Waals surface area contributed by atoms with Gasteiger partial charge in [0.1, 0.15) is 0 Å².